The molecule has 0 aromatic heterocycles. The van der Waals surface area contributed by atoms with E-state index < -0.39 is 0 Å². The Morgan fingerprint density at radius 3 is 1.73 bits per heavy atom. The van der Waals surface area contributed by atoms with E-state index in [4.69, 9.17) is 9.98 Å². The Labute approximate surface area is 197 Å². The number of benzene rings is 3. The summed E-state index contributed by atoms with van der Waals surface area (Å²) in [6.07, 6.45) is 4.90. The zero-order valence-corrected chi connectivity index (χ0v) is 19.9. The molecule has 3 aromatic rings. The molecule has 33 heavy (non-hydrogen) atoms. The van der Waals surface area contributed by atoms with Crippen LogP contribution in [0.1, 0.15) is 52.8 Å². The van der Waals surface area contributed by atoms with Crippen LogP contribution < -0.4 is 0 Å². The first-order valence-electron chi connectivity index (χ1n) is 11.9. The number of aryl methyl sites for hydroxylation is 4. The molecule has 0 atom stereocenters. The van der Waals surface area contributed by atoms with E-state index >= 15 is 0 Å². The predicted octanol–water partition coefficient (Wildman–Crippen LogP) is 7.11. The largest absolute Gasteiger partial charge is 0.255 e. The molecular weight excluding hydrogens is 400 g/mol. The fraction of sp³-hybridized carbons (Fsp3) is 0.226. The molecule has 164 valence electrons. The van der Waals surface area contributed by atoms with E-state index in [1.165, 1.54) is 33.4 Å². The zero-order valence-electron chi connectivity index (χ0n) is 19.9. The van der Waals surface area contributed by atoms with Crippen LogP contribution in [0.5, 0.6) is 0 Å². The molecule has 0 amide bonds. The molecule has 0 spiro atoms. The van der Waals surface area contributed by atoms with Crippen LogP contribution in [0.2, 0.25) is 0 Å². The number of hydrogen-bond acceptors (Lipinski definition) is 2. The molecule has 2 heteroatoms. The van der Waals surface area contributed by atoms with E-state index in [9.17, 15) is 0 Å². The lowest BCUT2D eigenvalue weighted by atomic mass is 9.91. The summed E-state index contributed by atoms with van der Waals surface area (Å²) in [6, 6.07) is 24.4. The second kappa shape index (κ2) is 8.78. The van der Waals surface area contributed by atoms with Crippen molar-refractivity contribution < 1.29 is 0 Å². The van der Waals surface area contributed by atoms with Crippen LogP contribution in [0.4, 0.5) is 0 Å². The van der Waals surface area contributed by atoms with Gasteiger partial charge in [0, 0.05) is 34.9 Å². The minimum absolute atomic E-state index is 0.803. The summed E-state index contributed by atoms with van der Waals surface area (Å²) in [7, 11) is 0. The molecule has 2 heterocycles. The van der Waals surface area contributed by atoms with Gasteiger partial charge < -0.3 is 0 Å². The van der Waals surface area contributed by atoms with Gasteiger partial charge in [-0.05, 0) is 43.4 Å². The standard InChI is InChI=1S/C31H30N2/c1-5-22-7-11-25(12-8-22)30-27-19-32-31(26-13-9-23(6-2)10-14-26)29(27)28(33-30)18-24-16-20(3)15-21(4)17-24/h7-17,19H,5-6,18H2,1-4H3. The van der Waals surface area contributed by atoms with Crippen LogP contribution >= 0.6 is 0 Å². The van der Waals surface area contributed by atoms with Crippen molar-refractivity contribution in [2.24, 2.45) is 9.98 Å². The van der Waals surface area contributed by atoms with E-state index in [2.05, 4.69) is 94.4 Å². The van der Waals surface area contributed by atoms with Crippen LogP contribution in [0.25, 0.3) is 0 Å². The van der Waals surface area contributed by atoms with Crippen molar-refractivity contribution in [1.82, 2.24) is 0 Å². The van der Waals surface area contributed by atoms with Crippen molar-refractivity contribution in [3.05, 3.63) is 129 Å². The Bertz CT molecular complexity index is 1260. The average molecular weight is 431 g/mol. The summed E-state index contributed by atoms with van der Waals surface area (Å²) >= 11 is 0. The summed E-state index contributed by atoms with van der Waals surface area (Å²) in [4.78, 5) is 10.1. The molecule has 0 saturated carbocycles. The van der Waals surface area contributed by atoms with Gasteiger partial charge in [-0.25, -0.2) is 0 Å². The molecule has 5 rings (SSSR count). The summed E-state index contributed by atoms with van der Waals surface area (Å²) < 4.78 is 0. The Kier molecular flexibility index (Phi) is 5.68. The monoisotopic (exact) mass is 430 g/mol. The highest BCUT2D eigenvalue weighted by Gasteiger charge is 2.32. The molecule has 0 fully saturated rings. The van der Waals surface area contributed by atoms with Crippen molar-refractivity contribution in [1.29, 1.82) is 0 Å². The summed E-state index contributed by atoms with van der Waals surface area (Å²) in [6.45, 7) is 8.70. The fourth-order valence-electron chi connectivity index (χ4n) is 4.84. The lowest BCUT2D eigenvalue weighted by Crippen LogP contribution is -2.08. The molecule has 0 bridgehead atoms. The number of rotatable bonds is 6. The number of fused-ring (bicyclic) bond motifs is 1. The minimum Gasteiger partial charge on any atom is -0.255 e. The minimum atomic E-state index is 0.803. The van der Waals surface area contributed by atoms with Gasteiger partial charge in [0.15, 0.2) is 0 Å². The highest BCUT2D eigenvalue weighted by Crippen LogP contribution is 2.37. The highest BCUT2D eigenvalue weighted by molar-refractivity contribution is 6.30. The van der Waals surface area contributed by atoms with Crippen LogP contribution in [-0.4, -0.2) is 11.4 Å². The first kappa shape index (κ1) is 21.3. The van der Waals surface area contributed by atoms with Crippen molar-refractivity contribution in [2.75, 3.05) is 0 Å². The topological polar surface area (TPSA) is 24.7 Å². The van der Waals surface area contributed by atoms with Crippen molar-refractivity contribution in [3.63, 3.8) is 0 Å². The maximum absolute atomic E-state index is 5.21. The fourth-order valence-corrected chi connectivity index (χ4v) is 4.84. The van der Waals surface area contributed by atoms with Gasteiger partial charge in [0.1, 0.15) is 0 Å². The van der Waals surface area contributed by atoms with Gasteiger partial charge in [-0.15, -0.1) is 0 Å². The molecule has 0 N–H and O–H groups in total. The first-order valence-corrected chi connectivity index (χ1v) is 11.9. The normalized spacial score (nSPS) is 14.8. The van der Waals surface area contributed by atoms with Gasteiger partial charge in [0.2, 0.25) is 0 Å². The third kappa shape index (κ3) is 4.14. The summed E-state index contributed by atoms with van der Waals surface area (Å²) in [5, 5.41) is 0. The third-order valence-corrected chi connectivity index (χ3v) is 6.54. The van der Waals surface area contributed by atoms with Crippen molar-refractivity contribution >= 4 is 11.4 Å². The van der Waals surface area contributed by atoms with Crippen LogP contribution in [0, 0.1) is 13.8 Å². The van der Waals surface area contributed by atoms with Crippen LogP contribution in [0.15, 0.2) is 99.8 Å². The second-order valence-corrected chi connectivity index (χ2v) is 9.08. The molecule has 0 saturated heterocycles. The average Bonchev–Trinajstić information content (AvgIpc) is 3.40. The molecule has 2 aliphatic heterocycles. The Balaban J connectivity index is 1.57. The number of aliphatic imine (C=N–C) groups is 2. The van der Waals surface area contributed by atoms with Crippen molar-refractivity contribution in [2.45, 2.75) is 47.0 Å². The van der Waals surface area contributed by atoms with Gasteiger partial charge >= 0.3 is 0 Å². The molecule has 0 aliphatic carbocycles. The highest BCUT2D eigenvalue weighted by atomic mass is 14.9. The SMILES string of the molecule is CCc1ccc(C2=NC(Cc3cc(C)cc(C)c3)=C3C2=CN=C3c2ccc(CC)cc2)cc1. The van der Waals surface area contributed by atoms with E-state index in [1.54, 1.807) is 0 Å². The predicted molar refractivity (Wildman–Crippen MR) is 139 cm³/mol. The molecule has 2 nitrogen and oxygen atoms in total. The number of nitrogens with zero attached hydrogens (tertiary/aromatic N) is 2. The maximum Gasteiger partial charge on any atom is 0.0801 e. The Hall–Kier alpha value is -3.52. The number of hydrogen-bond donors (Lipinski definition) is 0. The Morgan fingerprint density at radius 1 is 0.636 bits per heavy atom. The first-order chi connectivity index (χ1) is 16.1. The van der Waals surface area contributed by atoms with Gasteiger partial charge in [-0.2, -0.15) is 0 Å². The summed E-state index contributed by atoms with van der Waals surface area (Å²) in [5.41, 5.74) is 14.4. The number of allylic oxidation sites excluding steroid dienone is 3. The van der Waals surface area contributed by atoms with Gasteiger partial charge in [0.05, 0.1) is 17.1 Å². The summed E-state index contributed by atoms with van der Waals surface area (Å²) in [5.74, 6) is 0. The zero-order chi connectivity index (χ0) is 22.9. The van der Waals surface area contributed by atoms with E-state index in [1.807, 2.05) is 6.20 Å². The van der Waals surface area contributed by atoms with Gasteiger partial charge in [-0.1, -0.05) is 91.7 Å². The smallest absolute Gasteiger partial charge is 0.0801 e. The van der Waals surface area contributed by atoms with Crippen LogP contribution in [-0.2, 0) is 19.3 Å². The maximum atomic E-state index is 5.21. The second-order valence-electron chi connectivity index (χ2n) is 9.08. The van der Waals surface area contributed by atoms with Gasteiger partial charge in [0.25, 0.3) is 0 Å². The third-order valence-electron chi connectivity index (χ3n) is 6.54. The van der Waals surface area contributed by atoms with Crippen molar-refractivity contribution in [3.8, 4) is 0 Å². The molecule has 2 aliphatic rings. The van der Waals surface area contributed by atoms with E-state index in [0.717, 1.165) is 53.1 Å². The molecule has 0 radical (unpaired) electrons. The van der Waals surface area contributed by atoms with Gasteiger partial charge in [-0.3, -0.25) is 9.98 Å². The molecular formula is C31H30N2. The molecule has 0 unspecified atom stereocenters. The lowest BCUT2D eigenvalue weighted by molar-refractivity contribution is 1.10. The molecule has 3 aromatic carbocycles. The quantitative estimate of drug-likeness (QED) is 0.398. The lowest BCUT2D eigenvalue weighted by Gasteiger charge is -2.10. The van der Waals surface area contributed by atoms with E-state index in [-0.39, 0.29) is 0 Å². The van der Waals surface area contributed by atoms with Crippen LogP contribution in [0.3, 0.4) is 0 Å². The Morgan fingerprint density at radius 2 is 1.18 bits per heavy atom. The van der Waals surface area contributed by atoms with E-state index in [0.29, 0.717) is 0 Å².